The lowest BCUT2D eigenvalue weighted by Crippen LogP contribution is -3.00. The molecule has 0 spiro atoms. The summed E-state index contributed by atoms with van der Waals surface area (Å²) >= 11 is 0. The molecule has 1 heterocycles. The molecule has 298 valence electrons. The second-order valence-corrected chi connectivity index (χ2v) is 16.8. The number of methoxy groups -OCH3 is 1. The molecule has 0 N–H and O–H groups in total. The summed E-state index contributed by atoms with van der Waals surface area (Å²) in [4.78, 5) is 5.19. The zero-order valence-electron chi connectivity index (χ0n) is 34.8. The Morgan fingerprint density at radius 1 is 0.440 bits per heavy atom. The van der Waals surface area contributed by atoms with Crippen LogP contribution in [0.25, 0.3) is 0 Å². The Balaban J connectivity index is 0. The van der Waals surface area contributed by atoms with Gasteiger partial charge >= 0.3 is 0 Å². The number of halogens is 2. The first kappa shape index (κ1) is 51.6. The molecule has 1 aromatic rings. The first-order chi connectivity index (χ1) is 23.2. The van der Waals surface area contributed by atoms with E-state index < -0.39 is 0 Å². The summed E-state index contributed by atoms with van der Waals surface area (Å²) in [7, 11) is 11.3. The van der Waals surface area contributed by atoms with E-state index in [4.69, 9.17) is 9.72 Å². The van der Waals surface area contributed by atoms with Gasteiger partial charge in [0.1, 0.15) is 24.5 Å². The van der Waals surface area contributed by atoms with E-state index in [0.717, 1.165) is 33.5 Å². The molecular weight excluding hydrogens is 657 g/mol. The van der Waals surface area contributed by atoms with Gasteiger partial charge in [-0.15, -0.1) is 0 Å². The van der Waals surface area contributed by atoms with Gasteiger partial charge in [-0.05, 0) is 37.8 Å². The van der Waals surface area contributed by atoms with Crippen LogP contribution in [-0.4, -0.2) is 62.3 Å². The first-order valence-corrected chi connectivity index (χ1v) is 21.4. The van der Waals surface area contributed by atoms with Gasteiger partial charge < -0.3 is 38.5 Å². The smallest absolute Gasteiger partial charge is 0.146 e. The fraction of sp³-hybridized carbons (Fsp3) is 0.886. The Morgan fingerprint density at radius 3 is 1.06 bits per heavy atom. The topological polar surface area (TPSA) is 22.1 Å². The monoisotopic (exact) mass is 744 g/mol. The minimum Gasteiger partial charge on any atom is -1.00 e. The third-order valence-corrected chi connectivity index (χ3v) is 10.6. The quantitative estimate of drug-likeness (QED) is 0.0542. The van der Waals surface area contributed by atoms with Gasteiger partial charge in [0, 0.05) is 0 Å². The van der Waals surface area contributed by atoms with Crippen LogP contribution in [-0.2, 0) is 13.1 Å². The van der Waals surface area contributed by atoms with Gasteiger partial charge in [0.25, 0.3) is 0 Å². The number of nitrogens with zero attached hydrogens (tertiary/aromatic N) is 3. The second kappa shape index (κ2) is 34.2. The standard InChI is InChI=1S/C44H87N3O.2ClH/c1-8-10-12-14-16-18-20-22-24-26-28-30-32-34-38-46(3,4)40-42-36-37-44(48-7)43(45-42)41-47(5,6)39-35-33-31-29-27-25-23-21-19-17-15-13-11-9-2;;/h36-37H,8-35,38-41H2,1-7H3;2*1H/q+2;;/p-2. The highest BCUT2D eigenvalue weighted by Gasteiger charge is 2.22. The zero-order valence-corrected chi connectivity index (χ0v) is 36.3. The molecule has 0 fully saturated rings. The van der Waals surface area contributed by atoms with Crippen LogP contribution in [0.4, 0.5) is 0 Å². The predicted molar refractivity (Wildman–Crippen MR) is 213 cm³/mol. The van der Waals surface area contributed by atoms with Crippen molar-refractivity contribution in [2.75, 3.05) is 48.4 Å². The van der Waals surface area contributed by atoms with Gasteiger partial charge in [0.05, 0.1) is 54.1 Å². The predicted octanol–water partition coefficient (Wildman–Crippen LogP) is 7.21. The minimum atomic E-state index is 0. The van der Waals surface area contributed by atoms with E-state index in [9.17, 15) is 0 Å². The zero-order chi connectivity index (χ0) is 35.2. The summed E-state index contributed by atoms with van der Waals surface area (Å²) in [6.07, 6.45) is 39.7. The third-order valence-electron chi connectivity index (χ3n) is 10.6. The number of quaternary nitrogens is 2. The number of rotatable bonds is 35. The molecule has 0 atom stereocenters. The Hall–Kier alpha value is -0.550. The van der Waals surface area contributed by atoms with Gasteiger partial charge in [0.2, 0.25) is 0 Å². The molecule has 0 aliphatic carbocycles. The van der Waals surface area contributed by atoms with Crippen LogP contribution in [0.15, 0.2) is 12.1 Å². The third kappa shape index (κ3) is 30.0. The Bertz CT molecular complexity index is 864. The fourth-order valence-corrected chi connectivity index (χ4v) is 7.39. The number of pyridine rings is 1. The van der Waals surface area contributed by atoms with E-state index in [0.29, 0.717) is 0 Å². The molecule has 0 radical (unpaired) electrons. The molecule has 0 aliphatic rings. The highest BCUT2D eigenvalue weighted by molar-refractivity contribution is 5.28. The highest BCUT2D eigenvalue weighted by atomic mass is 35.5. The van der Waals surface area contributed by atoms with Crippen molar-refractivity contribution in [2.24, 2.45) is 0 Å². The van der Waals surface area contributed by atoms with Crippen molar-refractivity contribution in [2.45, 2.75) is 207 Å². The van der Waals surface area contributed by atoms with Crippen LogP contribution in [0, 0.1) is 0 Å². The number of unbranched alkanes of at least 4 members (excludes halogenated alkanes) is 26. The molecule has 50 heavy (non-hydrogen) atoms. The molecule has 4 nitrogen and oxygen atoms in total. The van der Waals surface area contributed by atoms with Crippen molar-refractivity contribution >= 4 is 0 Å². The maximum atomic E-state index is 5.78. The fourth-order valence-electron chi connectivity index (χ4n) is 7.39. The molecule has 1 rings (SSSR count). The summed E-state index contributed by atoms with van der Waals surface area (Å²) in [5, 5.41) is 0. The van der Waals surface area contributed by atoms with Crippen LogP contribution >= 0.6 is 0 Å². The molecular formula is C44H87Cl2N3O. The van der Waals surface area contributed by atoms with Crippen LogP contribution < -0.4 is 29.6 Å². The maximum absolute atomic E-state index is 5.78. The molecule has 0 unspecified atom stereocenters. The summed E-state index contributed by atoms with van der Waals surface area (Å²) in [5.74, 6) is 0.947. The Labute approximate surface area is 326 Å². The van der Waals surface area contributed by atoms with Gasteiger partial charge in [-0.1, -0.05) is 168 Å². The van der Waals surface area contributed by atoms with E-state index in [1.165, 1.54) is 199 Å². The van der Waals surface area contributed by atoms with Gasteiger partial charge in [-0.3, -0.25) is 0 Å². The van der Waals surface area contributed by atoms with E-state index in [1.807, 2.05) is 0 Å². The molecule has 0 amide bonds. The van der Waals surface area contributed by atoms with Crippen molar-refractivity contribution in [1.29, 1.82) is 0 Å². The molecule has 0 aliphatic heterocycles. The van der Waals surface area contributed by atoms with E-state index in [-0.39, 0.29) is 24.8 Å². The Kier molecular flexibility index (Phi) is 35.3. The van der Waals surface area contributed by atoms with Gasteiger partial charge in [-0.2, -0.15) is 0 Å². The SMILES string of the molecule is CCCCCCCCCCCCCCCC[N+](C)(C)Cc1ccc(OC)c(C[N+](C)(C)CCCCCCCCCCCCCCCC)n1.[Cl-].[Cl-]. The lowest BCUT2D eigenvalue weighted by molar-refractivity contribution is -0.905. The molecule has 6 heteroatoms. The number of ether oxygens (including phenoxy) is 1. The summed E-state index contributed by atoms with van der Waals surface area (Å²) in [6.45, 7) is 8.95. The van der Waals surface area contributed by atoms with Crippen LogP contribution in [0.5, 0.6) is 5.75 Å². The van der Waals surface area contributed by atoms with Crippen molar-refractivity contribution in [1.82, 2.24) is 4.98 Å². The van der Waals surface area contributed by atoms with E-state index in [2.05, 4.69) is 54.2 Å². The second-order valence-electron chi connectivity index (χ2n) is 16.8. The van der Waals surface area contributed by atoms with E-state index in [1.54, 1.807) is 7.11 Å². The molecule has 0 saturated heterocycles. The van der Waals surface area contributed by atoms with Crippen LogP contribution in [0.3, 0.4) is 0 Å². The normalized spacial score (nSPS) is 11.7. The summed E-state index contributed by atoms with van der Waals surface area (Å²) in [5.41, 5.74) is 2.33. The van der Waals surface area contributed by atoms with Crippen molar-refractivity contribution in [3.8, 4) is 5.75 Å². The summed E-state index contributed by atoms with van der Waals surface area (Å²) < 4.78 is 7.77. The van der Waals surface area contributed by atoms with Gasteiger partial charge in [0.15, 0.2) is 0 Å². The number of hydrogen-bond donors (Lipinski definition) is 0. The van der Waals surface area contributed by atoms with Crippen molar-refractivity contribution in [3.05, 3.63) is 23.5 Å². The molecule has 1 aromatic heterocycles. The summed E-state index contributed by atoms with van der Waals surface area (Å²) in [6, 6.07) is 4.36. The number of aromatic nitrogens is 1. The maximum Gasteiger partial charge on any atom is 0.146 e. The minimum absolute atomic E-state index is 0. The first-order valence-electron chi connectivity index (χ1n) is 21.4. The highest BCUT2D eigenvalue weighted by Crippen LogP contribution is 2.23. The average molecular weight is 745 g/mol. The molecule has 0 aromatic carbocycles. The lowest BCUT2D eigenvalue weighted by Gasteiger charge is -2.31. The number of hydrogen-bond acceptors (Lipinski definition) is 2. The Morgan fingerprint density at radius 2 is 0.740 bits per heavy atom. The van der Waals surface area contributed by atoms with Crippen LogP contribution in [0.1, 0.15) is 205 Å². The lowest BCUT2D eigenvalue weighted by atomic mass is 10.0. The average Bonchev–Trinajstić information content (AvgIpc) is 3.04. The largest absolute Gasteiger partial charge is 1.00 e. The van der Waals surface area contributed by atoms with Crippen molar-refractivity contribution < 1.29 is 38.5 Å². The van der Waals surface area contributed by atoms with Crippen LogP contribution in [0.2, 0.25) is 0 Å². The molecule has 0 saturated carbocycles. The van der Waals surface area contributed by atoms with Gasteiger partial charge in [-0.25, -0.2) is 4.98 Å². The molecule has 0 bridgehead atoms. The van der Waals surface area contributed by atoms with E-state index >= 15 is 0 Å². The van der Waals surface area contributed by atoms with Crippen molar-refractivity contribution in [3.63, 3.8) is 0 Å².